The van der Waals surface area contributed by atoms with Crippen molar-refractivity contribution in [1.29, 1.82) is 0 Å². The summed E-state index contributed by atoms with van der Waals surface area (Å²) in [6.45, 7) is 5.56. The molecule has 0 unspecified atom stereocenters. The van der Waals surface area contributed by atoms with E-state index in [0.29, 0.717) is 25.2 Å². The summed E-state index contributed by atoms with van der Waals surface area (Å²) >= 11 is 0. The van der Waals surface area contributed by atoms with Gasteiger partial charge in [-0.05, 0) is 38.1 Å². The molecule has 1 aromatic carbocycles. The van der Waals surface area contributed by atoms with Gasteiger partial charge in [0.1, 0.15) is 0 Å². The van der Waals surface area contributed by atoms with Crippen LogP contribution in [-0.4, -0.2) is 65.9 Å². The van der Waals surface area contributed by atoms with Crippen LogP contribution in [0.1, 0.15) is 23.7 Å². The molecule has 0 radical (unpaired) electrons. The Labute approximate surface area is 154 Å². The van der Waals surface area contributed by atoms with E-state index in [4.69, 9.17) is 0 Å². The van der Waals surface area contributed by atoms with E-state index in [0.717, 1.165) is 26.1 Å². The molecule has 1 saturated heterocycles. The minimum atomic E-state index is -3.59. The lowest BCUT2D eigenvalue weighted by Crippen LogP contribution is -2.36. The Morgan fingerprint density at radius 1 is 1.12 bits per heavy atom. The predicted octanol–water partition coefficient (Wildman–Crippen LogP) is 1.48. The zero-order valence-corrected chi connectivity index (χ0v) is 15.7. The fourth-order valence-electron chi connectivity index (χ4n) is 3.11. The topological polar surface area (TPSA) is 75.5 Å². The molecule has 0 aliphatic carbocycles. The van der Waals surface area contributed by atoms with Crippen molar-refractivity contribution in [3.05, 3.63) is 48.3 Å². The minimum absolute atomic E-state index is 0.136. The second-order valence-corrected chi connectivity index (χ2v) is 8.39. The molecule has 1 aliphatic heterocycles. The van der Waals surface area contributed by atoms with E-state index >= 15 is 0 Å². The maximum atomic E-state index is 12.9. The first-order chi connectivity index (χ1) is 12.5. The normalized spacial score (nSPS) is 17.1. The first-order valence-electron chi connectivity index (χ1n) is 8.78. The van der Waals surface area contributed by atoms with E-state index in [1.165, 1.54) is 17.3 Å². The monoisotopic (exact) mass is 376 g/mol. The number of hydrogen-bond donors (Lipinski definition) is 0. The van der Waals surface area contributed by atoms with E-state index < -0.39 is 10.0 Å². The molecule has 1 aromatic heterocycles. The molecular formula is C18H24N4O3S. The molecule has 0 bridgehead atoms. The summed E-state index contributed by atoms with van der Waals surface area (Å²) in [6.07, 6.45) is 4.47. The van der Waals surface area contributed by atoms with Gasteiger partial charge >= 0.3 is 0 Å². The molecule has 8 heteroatoms. The van der Waals surface area contributed by atoms with Gasteiger partial charge in [-0.2, -0.15) is 9.40 Å². The standard InChI is InChI=1S/C18H24N4O3S/c1-16(23)17-5-2-6-18(15-17)26(24,25)22-10-4-8-20(12-14-22)11-13-21-9-3-7-19-21/h2-3,5-7,9,15H,4,8,10-14H2,1H3. The number of ketones is 1. The Balaban J connectivity index is 1.65. The molecule has 1 fully saturated rings. The van der Waals surface area contributed by atoms with E-state index in [1.807, 2.05) is 16.9 Å². The molecule has 7 nitrogen and oxygen atoms in total. The second kappa shape index (κ2) is 8.11. The van der Waals surface area contributed by atoms with E-state index in [2.05, 4.69) is 10.00 Å². The molecule has 0 amide bonds. The zero-order chi connectivity index (χ0) is 18.6. The van der Waals surface area contributed by atoms with Crippen LogP contribution in [0.3, 0.4) is 0 Å². The molecule has 1 aliphatic rings. The van der Waals surface area contributed by atoms with E-state index in [9.17, 15) is 13.2 Å². The average Bonchev–Trinajstić information content (AvgIpc) is 3.03. The average molecular weight is 376 g/mol. The van der Waals surface area contributed by atoms with Gasteiger partial charge in [0.15, 0.2) is 5.78 Å². The van der Waals surface area contributed by atoms with Crippen molar-refractivity contribution in [3.8, 4) is 0 Å². The molecule has 2 aromatic rings. The molecule has 0 spiro atoms. The summed E-state index contributed by atoms with van der Waals surface area (Å²) in [5.74, 6) is -0.136. The van der Waals surface area contributed by atoms with Crippen molar-refractivity contribution in [2.75, 3.05) is 32.7 Å². The van der Waals surface area contributed by atoms with Gasteiger partial charge in [-0.15, -0.1) is 0 Å². The fourth-order valence-corrected chi connectivity index (χ4v) is 4.63. The van der Waals surface area contributed by atoms with Crippen LogP contribution in [0.4, 0.5) is 0 Å². The smallest absolute Gasteiger partial charge is 0.243 e. The Morgan fingerprint density at radius 2 is 1.96 bits per heavy atom. The minimum Gasteiger partial charge on any atom is -0.300 e. The van der Waals surface area contributed by atoms with Crippen LogP contribution in [0.5, 0.6) is 0 Å². The first-order valence-corrected chi connectivity index (χ1v) is 10.2. The zero-order valence-electron chi connectivity index (χ0n) is 14.9. The Hall–Kier alpha value is -2.03. The highest BCUT2D eigenvalue weighted by Gasteiger charge is 2.27. The summed E-state index contributed by atoms with van der Waals surface area (Å²) in [5.41, 5.74) is 0.418. The van der Waals surface area contributed by atoms with Crippen molar-refractivity contribution in [1.82, 2.24) is 19.0 Å². The van der Waals surface area contributed by atoms with Gasteiger partial charge in [-0.25, -0.2) is 8.42 Å². The van der Waals surface area contributed by atoms with Gasteiger partial charge in [0.2, 0.25) is 10.0 Å². The molecule has 0 atom stereocenters. The fraction of sp³-hybridized carbons (Fsp3) is 0.444. The van der Waals surface area contributed by atoms with E-state index in [-0.39, 0.29) is 10.7 Å². The molecule has 0 N–H and O–H groups in total. The van der Waals surface area contributed by atoms with Crippen LogP contribution in [0, 0.1) is 0 Å². The summed E-state index contributed by atoms with van der Waals surface area (Å²) in [6, 6.07) is 8.19. The Bertz CT molecular complexity index is 849. The molecule has 140 valence electrons. The van der Waals surface area contributed by atoms with Gasteiger partial charge in [0.25, 0.3) is 0 Å². The van der Waals surface area contributed by atoms with Crippen molar-refractivity contribution >= 4 is 15.8 Å². The van der Waals surface area contributed by atoms with Gasteiger partial charge in [0, 0.05) is 44.1 Å². The molecule has 26 heavy (non-hydrogen) atoms. The van der Waals surface area contributed by atoms with Crippen LogP contribution in [-0.2, 0) is 16.6 Å². The summed E-state index contributed by atoms with van der Waals surface area (Å²) < 4.78 is 29.3. The number of sulfonamides is 1. The summed E-state index contributed by atoms with van der Waals surface area (Å²) in [5, 5.41) is 4.20. The first kappa shape index (κ1) is 18.8. The highest BCUT2D eigenvalue weighted by atomic mass is 32.2. The Kier molecular flexibility index (Phi) is 5.85. The second-order valence-electron chi connectivity index (χ2n) is 6.45. The highest BCUT2D eigenvalue weighted by molar-refractivity contribution is 7.89. The third-order valence-corrected chi connectivity index (χ3v) is 6.52. The summed E-state index contributed by atoms with van der Waals surface area (Å²) in [7, 11) is -3.59. The van der Waals surface area contributed by atoms with Crippen LogP contribution < -0.4 is 0 Å². The number of nitrogens with zero attached hydrogens (tertiary/aromatic N) is 4. The number of Topliss-reactive ketones (excluding diaryl/α,β-unsaturated/α-hetero) is 1. The maximum Gasteiger partial charge on any atom is 0.243 e. The highest BCUT2D eigenvalue weighted by Crippen LogP contribution is 2.19. The number of carbonyl (C=O) groups is 1. The number of rotatable bonds is 6. The predicted molar refractivity (Wildman–Crippen MR) is 98.5 cm³/mol. The number of hydrogen-bond acceptors (Lipinski definition) is 5. The number of benzene rings is 1. The number of carbonyl (C=O) groups excluding carboxylic acids is 1. The Morgan fingerprint density at radius 3 is 2.69 bits per heavy atom. The van der Waals surface area contributed by atoms with Gasteiger partial charge in [-0.3, -0.25) is 9.48 Å². The van der Waals surface area contributed by atoms with Crippen molar-refractivity contribution in [2.24, 2.45) is 0 Å². The molecular weight excluding hydrogens is 352 g/mol. The summed E-state index contributed by atoms with van der Waals surface area (Å²) in [4.78, 5) is 14.0. The molecule has 3 rings (SSSR count). The van der Waals surface area contributed by atoms with Crippen LogP contribution in [0.15, 0.2) is 47.6 Å². The van der Waals surface area contributed by atoms with Gasteiger partial charge in [0.05, 0.1) is 11.4 Å². The van der Waals surface area contributed by atoms with Crippen LogP contribution in [0.2, 0.25) is 0 Å². The van der Waals surface area contributed by atoms with Gasteiger partial charge < -0.3 is 4.90 Å². The van der Waals surface area contributed by atoms with Crippen molar-refractivity contribution in [2.45, 2.75) is 24.8 Å². The lowest BCUT2D eigenvalue weighted by molar-refractivity contribution is 0.101. The van der Waals surface area contributed by atoms with Crippen molar-refractivity contribution in [3.63, 3.8) is 0 Å². The number of aromatic nitrogens is 2. The molecule has 2 heterocycles. The largest absolute Gasteiger partial charge is 0.300 e. The lowest BCUT2D eigenvalue weighted by atomic mass is 10.2. The molecule has 0 saturated carbocycles. The third kappa shape index (κ3) is 4.38. The van der Waals surface area contributed by atoms with Gasteiger partial charge in [-0.1, -0.05) is 12.1 Å². The maximum absolute atomic E-state index is 12.9. The van der Waals surface area contributed by atoms with Crippen LogP contribution in [0.25, 0.3) is 0 Å². The van der Waals surface area contributed by atoms with Crippen LogP contribution >= 0.6 is 0 Å². The SMILES string of the molecule is CC(=O)c1cccc(S(=O)(=O)N2CCCN(CCn3cccn3)CC2)c1. The lowest BCUT2D eigenvalue weighted by Gasteiger charge is -2.22. The third-order valence-electron chi connectivity index (χ3n) is 4.63. The van der Waals surface area contributed by atoms with E-state index in [1.54, 1.807) is 24.4 Å². The quantitative estimate of drug-likeness (QED) is 0.714. The van der Waals surface area contributed by atoms with Crippen molar-refractivity contribution < 1.29 is 13.2 Å².